The van der Waals surface area contributed by atoms with E-state index in [1.54, 1.807) is 42.7 Å². The molecular formula is C14H14N3O3-. The minimum Gasteiger partial charge on any atom is -0.791 e. The largest absolute Gasteiger partial charge is 0.791 e. The van der Waals surface area contributed by atoms with Crippen LogP contribution in [-0.2, 0) is 6.61 Å². The van der Waals surface area contributed by atoms with E-state index < -0.39 is 0 Å². The molecule has 1 aromatic heterocycles. The Hall–Kier alpha value is -2.44. The maximum Gasteiger partial charge on any atom is 0.0703 e. The van der Waals surface area contributed by atoms with Crippen LogP contribution in [0.3, 0.4) is 0 Å². The predicted molar refractivity (Wildman–Crippen MR) is 75.8 cm³/mol. The number of anilines is 1. The predicted octanol–water partition coefficient (Wildman–Crippen LogP) is 1.73. The second-order valence-corrected chi connectivity index (χ2v) is 4.21. The SMILES string of the molecule is CN(O)c1ccc(/C(=N/[O-])c2cccnc2)cc1CO. The van der Waals surface area contributed by atoms with Crippen molar-refractivity contribution in [2.24, 2.45) is 5.16 Å². The van der Waals surface area contributed by atoms with Crippen LogP contribution >= 0.6 is 0 Å². The van der Waals surface area contributed by atoms with Crippen molar-refractivity contribution in [1.29, 1.82) is 0 Å². The van der Waals surface area contributed by atoms with Gasteiger partial charge < -0.3 is 15.5 Å². The van der Waals surface area contributed by atoms with Gasteiger partial charge in [-0.25, -0.2) is 0 Å². The highest BCUT2D eigenvalue weighted by atomic mass is 16.5. The lowest BCUT2D eigenvalue weighted by atomic mass is 10.0. The van der Waals surface area contributed by atoms with Crippen molar-refractivity contribution in [3.63, 3.8) is 0 Å². The highest BCUT2D eigenvalue weighted by molar-refractivity contribution is 6.13. The average molecular weight is 272 g/mol. The van der Waals surface area contributed by atoms with Crippen LogP contribution in [0.2, 0.25) is 0 Å². The lowest BCUT2D eigenvalue weighted by Gasteiger charge is -2.17. The summed E-state index contributed by atoms with van der Waals surface area (Å²) in [6.07, 6.45) is 3.15. The highest BCUT2D eigenvalue weighted by Crippen LogP contribution is 2.22. The Morgan fingerprint density at radius 1 is 1.35 bits per heavy atom. The first-order valence-electron chi connectivity index (χ1n) is 5.95. The Morgan fingerprint density at radius 3 is 2.70 bits per heavy atom. The van der Waals surface area contributed by atoms with E-state index in [2.05, 4.69) is 10.1 Å². The molecule has 6 heteroatoms. The van der Waals surface area contributed by atoms with Gasteiger partial charge in [0, 0.05) is 36.1 Å². The van der Waals surface area contributed by atoms with Gasteiger partial charge in [-0.15, -0.1) is 0 Å². The zero-order chi connectivity index (χ0) is 14.5. The number of hydroxylamine groups is 1. The molecule has 1 heterocycles. The van der Waals surface area contributed by atoms with E-state index in [0.717, 1.165) is 5.06 Å². The maximum absolute atomic E-state index is 11.1. The third kappa shape index (κ3) is 2.76. The molecule has 0 fully saturated rings. The molecule has 0 spiro atoms. The quantitative estimate of drug-likeness (QED) is 0.653. The first kappa shape index (κ1) is 14.0. The average Bonchev–Trinajstić information content (AvgIpc) is 2.48. The normalized spacial score (nSPS) is 11.4. The van der Waals surface area contributed by atoms with Crippen LogP contribution in [0.5, 0.6) is 0 Å². The molecule has 0 aliphatic carbocycles. The summed E-state index contributed by atoms with van der Waals surface area (Å²) in [5.74, 6) is 0. The van der Waals surface area contributed by atoms with Crippen LogP contribution in [0, 0.1) is 5.21 Å². The summed E-state index contributed by atoms with van der Waals surface area (Å²) in [5, 5.41) is 33.9. The van der Waals surface area contributed by atoms with Gasteiger partial charge in [-0.05, 0) is 24.3 Å². The Kier molecular flexibility index (Phi) is 4.29. The number of hydrogen-bond donors (Lipinski definition) is 2. The summed E-state index contributed by atoms with van der Waals surface area (Å²) in [6, 6.07) is 8.33. The van der Waals surface area contributed by atoms with Crippen LogP contribution in [0.15, 0.2) is 47.9 Å². The topological polar surface area (TPSA) is 92.0 Å². The number of nitrogens with zero attached hydrogens (tertiary/aromatic N) is 3. The summed E-state index contributed by atoms with van der Waals surface area (Å²) in [6.45, 7) is -0.257. The fourth-order valence-corrected chi connectivity index (χ4v) is 1.95. The molecule has 0 unspecified atom stereocenters. The van der Waals surface area contributed by atoms with Gasteiger partial charge in [-0.2, -0.15) is 0 Å². The monoisotopic (exact) mass is 272 g/mol. The smallest absolute Gasteiger partial charge is 0.0703 e. The van der Waals surface area contributed by atoms with Gasteiger partial charge >= 0.3 is 0 Å². The second-order valence-electron chi connectivity index (χ2n) is 4.21. The standard InChI is InChI=1S/C14H15N3O3/c1-17(20)13-5-4-10(7-12(13)9-18)14(16-19)11-3-2-6-15-8-11/h2-8,18-20H,9H2,1H3/p-1/b16-14-. The number of pyridine rings is 1. The molecule has 6 nitrogen and oxygen atoms in total. The third-order valence-corrected chi connectivity index (χ3v) is 2.90. The summed E-state index contributed by atoms with van der Waals surface area (Å²) >= 11 is 0. The molecule has 20 heavy (non-hydrogen) atoms. The Balaban J connectivity index is 2.47. The molecule has 0 aliphatic rings. The Bertz CT molecular complexity index is 612. The molecular weight excluding hydrogens is 258 g/mol. The highest BCUT2D eigenvalue weighted by Gasteiger charge is 2.10. The zero-order valence-electron chi connectivity index (χ0n) is 10.9. The molecule has 0 atom stereocenters. The molecule has 0 saturated heterocycles. The van der Waals surface area contributed by atoms with Crippen LogP contribution in [0.4, 0.5) is 5.69 Å². The van der Waals surface area contributed by atoms with Gasteiger partial charge in [0.1, 0.15) is 0 Å². The molecule has 0 amide bonds. The van der Waals surface area contributed by atoms with E-state index in [9.17, 15) is 15.5 Å². The van der Waals surface area contributed by atoms with E-state index >= 15 is 0 Å². The van der Waals surface area contributed by atoms with Crippen molar-refractivity contribution in [3.05, 3.63) is 64.6 Å². The van der Waals surface area contributed by atoms with E-state index in [1.807, 2.05) is 0 Å². The molecule has 1 aromatic carbocycles. The van der Waals surface area contributed by atoms with Crippen LogP contribution in [-0.4, -0.2) is 28.1 Å². The van der Waals surface area contributed by atoms with Crippen molar-refractivity contribution in [2.45, 2.75) is 6.61 Å². The number of rotatable bonds is 4. The minimum absolute atomic E-state index is 0.236. The van der Waals surface area contributed by atoms with Crippen molar-refractivity contribution in [2.75, 3.05) is 12.1 Å². The van der Waals surface area contributed by atoms with E-state index in [0.29, 0.717) is 22.4 Å². The first-order valence-corrected chi connectivity index (χ1v) is 5.95. The second kappa shape index (κ2) is 6.14. The van der Waals surface area contributed by atoms with Gasteiger partial charge in [0.15, 0.2) is 0 Å². The summed E-state index contributed by atoms with van der Waals surface area (Å²) in [5.41, 5.74) is 2.35. The summed E-state index contributed by atoms with van der Waals surface area (Å²) in [7, 11) is 1.46. The lowest BCUT2D eigenvalue weighted by Crippen LogP contribution is -2.13. The van der Waals surface area contributed by atoms with Crippen LogP contribution < -0.4 is 5.06 Å². The van der Waals surface area contributed by atoms with Gasteiger partial charge in [-0.1, -0.05) is 6.07 Å². The number of benzene rings is 1. The summed E-state index contributed by atoms with van der Waals surface area (Å²) < 4.78 is 0. The van der Waals surface area contributed by atoms with E-state index in [4.69, 9.17) is 0 Å². The molecule has 2 aromatic rings. The van der Waals surface area contributed by atoms with E-state index in [1.165, 1.54) is 7.05 Å². The maximum atomic E-state index is 11.1. The fourth-order valence-electron chi connectivity index (χ4n) is 1.95. The first-order chi connectivity index (χ1) is 9.67. The Labute approximate surface area is 116 Å². The molecule has 0 radical (unpaired) electrons. The fraction of sp³-hybridized carbons (Fsp3) is 0.143. The van der Waals surface area contributed by atoms with Crippen LogP contribution in [0.25, 0.3) is 0 Å². The van der Waals surface area contributed by atoms with Crippen molar-refractivity contribution < 1.29 is 10.3 Å². The zero-order valence-corrected chi connectivity index (χ0v) is 10.9. The van der Waals surface area contributed by atoms with Crippen LogP contribution in [0.1, 0.15) is 16.7 Å². The number of aromatic nitrogens is 1. The molecule has 2 rings (SSSR count). The number of aliphatic hydroxyl groups excluding tert-OH is 1. The number of hydrogen-bond acceptors (Lipinski definition) is 6. The Morgan fingerprint density at radius 2 is 2.15 bits per heavy atom. The van der Waals surface area contributed by atoms with Gasteiger partial charge in [0.2, 0.25) is 0 Å². The molecule has 0 bridgehead atoms. The molecule has 0 aliphatic heterocycles. The number of aliphatic hydroxyl groups is 1. The third-order valence-electron chi connectivity index (χ3n) is 2.90. The van der Waals surface area contributed by atoms with Gasteiger partial charge in [0.05, 0.1) is 18.0 Å². The molecule has 0 saturated carbocycles. The van der Waals surface area contributed by atoms with Crippen molar-refractivity contribution in [1.82, 2.24) is 4.98 Å². The molecule has 2 N–H and O–H groups in total. The van der Waals surface area contributed by atoms with Crippen molar-refractivity contribution >= 4 is 11.4 Å². The summed E-state index contributed by atoms with van der Waals surface area (Å²) in [4.78, 5) is 3.95. The van der Waals surface area contributed by atoms with Gasteiger partial charge in [-0.3, -0.25) is 15.3 Å². The van der Waals surface area contributed by atoms with Gasteiger partial charge in [0.25, 0.3) is 0 Å². The van der Waals surface area contributed by atoms with E-state index in [-0.39, 0.29) is 12.3 Å². The molecule has 104 valence electrons. The lowest BCUT2D eigenvalue weighted by molar-refractivity contribution is 0.263. The minimum atomic E-state index is -0.257. The van der Waals surface area contributed by atoms with Crippen molar-refractivity contribution in [3.8, 4) is 0 Å².